The summed E-state index contributed by atoms with van der Waals surface area (Å²) >= 11 is 0. The smallest absolute Gasteiger partial charge is 0.339 e. The Kier molecular flexibility index (Phi) is 6.00. The van der Waals surface area contributed by atoms with Gasteiger partial charge in [0.2, 0.25) is 0 Å². The van der Waals surface area contributed by atoms with Gasteiger partial charge in [0.1, 0.15) is 23.7 Å². The first-order valence-corrected chi connectivity index (χ1v) is 5.81. The molecule has 0 atom stereocenters. The van der Waals surface area contributed by atoms with E-state index in [4.69, 9.17) is 19.3 Å². The number of ether oxygens (including phenoxy) is 3. The molecule has 0 bridgehead atoms. The van der Waals surface area contributed by atoms with E-state index in [0.29, 0.717) is 31.3 Å². The Hall–Kier alpha value is -1.75. The number of carboxylic acids is 1. The molecule has 0 aliphatic heterocycles. The fourth-order valence-electron chi connectivity index (χ4n) is 1.38. The Balaban J connectivity index is 2.63. The van der Waals surface area contributed by atoms with Crippen molar-refractivity contribution in [1.29, 1.82) is 0 Å². The third-order valence-corrected chi connectivity index (χ3v) is 2.25. The lowest BCUT2D eigenvalue weighted by molar-refractivity contribution is 0.0685. The summed E-state index contributed by atoms with van der Waals surface area (Å²) < 4.78 is 15.7. The highest BCUT2D eigenvalue weighted by Gasteiger charge is 2.12. The third kappa shape index (κ3) is 4.25. The van der Waals surface area contributed by atoms with Crippen molar-refractivity contribution >= 4 is 5.97 Å². The fourth-order valence-corrected chi connectivity index (χ4v) is 1.38. The second kappa shape index (κ2) is 7.55. The molecule has 0 heterocycles. The maximum absolute atomic E-state index is 11.0. The third-order valence-electron chi connectivity index (χ3n) is 2.25. The second-order valence-corrected chi connectivity index (χ2v) is 3.63. The first-order chi connectivity index (χ1) is 8.69. The second-order valence-electron chi connectivity index (χ2n) is 3.63. The van der Waals surface area contributed by atoms with Gasteiger partial charge in [-0.3, -0.25) is 0 Å². The van der Waals surface area contributed by atoms with Gasteiger partial charge in [0, 0.05) is 12.7 Å². The highest BCUT2D eigenvalue weighted by Crippen LogP contribution is 2.24. The van der Waals surface area contributed by atoms with Crippen molar-refractivity contribution in [1.82, 2.24) is 0 Å². The molecule has 0 aromatic heterocycles. The highest BCUT2D eigenvalue weighted by molar-refractivity contribution is 5.91. The number of methoxy groups -OCH3 is 1. The van der Waals surface area contributed by atoms with Crippen molar-refractivity contribution in [2.45, 2.75) is 13.3 Å². The van der Waals surface area contributed by atoms with Crippen LogP contribution >= 0.6 is 0 Å². The Morgan fingerprint density at radius 3 is 2.67 bits per heavy atom. The quantitative estimate of drug-likeness (QED) is 0.720. The lowest BCUT2D eigenvalue weighted by Crippen LogP contribution is -2.10. The predicted octanol–water partition coefficient (Wildman–Crippen LogP) is 2.20. The van der Waals surface area contributed by atoms with Gasteiger partial charge in [-0.2, -0.15) is 0 Å². The van der Waals surface area contributed by atoms with Gasteiger partial charge >= 0.3 is 5.97 Å². The van der Waals surface area contributed by atoms with Crippen LogP contribution in [0.3, 0.4) is 0 Å². The van der Waals surface area contributed by atoms with Crippen LogP contribution in [0.5, 0.6) is 11.5 Å². The van der Waals surface area contributed by atoms with E-state index in [1.54, 1.807) is 12.1 Å². The molecular formula is C13H18O5. The van der Waals surface area contributed by atoms with E-state index in [0.717, 1.165) is 6.42 Å². The van der Waals surface area contributed by atoms with Crippen LogP contribution in [-0.2, 0) is 4.74 Å². The van der Waals surface area contributed by atoms with E-state index in [2.05, 4.69) is 0 Å². The Morgan fingerprint density at radius 2 is 2.06 bits per heavy atom. The summed E-state index contributed by atoms with van der Waals surface area (Å²) in [6.45, 7) is 3.44. The van der Waals surface area contributed by atoms with Crippen LogP contribution < -0.4 is 9.47 Å². The van der Waals surface area contributed by atoms with Gasteiger partial charge in [0.05, 0.1) is 13.7 Å². The first kappa shape index (κ1) is 14.3. The summed E-state index contributed by atoms with van der Waals surface area (Å²) in [7, 11) is 1.52. The standard InChI is InChI=1S/C13H18O5/c1-3-6-17-7-8-18-12-9-10(16-2)4-5-11(12)13(14)15/h4-5,9H,3,6-8H2,1-2H3,(H,14,15). The van der Waals surface area contributed by atoms with Crippen LogP contribution in [0.25, 0.3) is 0 Å². The zero-order chi connectivity index (χ0) is 13.4. The van der Waals surface area contributed by atoms with Gasteiger partial charge in [0.25, 0.3) is 0 Å². The largest absolute Gasteiger partial charge is 0.497 e. The van der Waals surface area contributed by atoms with Crippen molar-refractivity contribution in [2.75, 3.05) is 26.9 Å². The normalized spacial score (nSPS) is 10.1. The number of aromatic carboxylic acids is 1. The Morgan fingerprint density at radius 1 is 1.28 bits per heavy atom. The molecule has 0 unspecified atom stereocenters. The molecule has 0 saturated heterocycles. The molecule has 0 saturated carbocycles. The van der Waals surface area contributed by atoms with Crippen LogP contribution in [0.2, 0.25) is 0 Å². The molecule has 18 heavy (non-hydrogen) atoms. The monoisotopic (exact) mass is 254 g/mol. The number of benzene rings is 1. The average Bonchev–Trinajstić information content (AvgIpc) is 2.38. The summed E-state index contributed by atoms with van der Waals surface area (Å²) in [5.41, 5.74) is 0.117. The van der Waals surface area contributed by atoms with Crippen molar-refractivity contribution in [3.05, 3.63) is 23.8 Å². The predicted molar refractivity (Wildman–Crippen MR) is 66.6 cm³/mol. The van der Waals surface area contributed by atoms with E-state index < -0.39 is 5.97 Å². The van der Waals surface area contributed by atoms with Gasteiger partial charge in [0.15, 0.2) is 0 Å². The van der Waals surface area contributed by atoms with Crippen molar-refractivity contribution in [3.8, 4) is 11.5 Å². The van der Waals surface area contributed by atoms with Gasteiger partial charge in [-0.05, 0) is 18.6 Å². The van der Waals surface area contributed by atoms with E-state index >= 15 is 0 Å². The number of hydrogen-bond donors (Lipinski definition) is 1. The van der Waals surface area contributed by atoms with Crippen LogP contribution in [0, 0.1) is 0 Å². The Labute approximate surface area is 106 Å². The van der Waals surface area contributed by atoms with Crippen molar-refractivity contribution in [3.63, 3.8) is 0 Å². The molecule has 1 aromatic carbocycles. The summed E-state index contributed by atoms with van der Waals surface area (Å²) in [5, 5.41) is 9.02. The minimum atomic E-state index is -1.03. The Bertz CT molecular complexity index is 389. The molecule has 0 amide bonds. The molecule has 5 nitrogen and oxygen atoms in total. The molecule has 1 rings (SSSR count). The molecule has 0 aliphatic carbocycles. The first-order valence-electron chi connectivity index (χ1n) is 5.81. The summed E-state index contributed by atoms with van der Waals surface area (Å²) in [6, 6.07) is 4.61. The summed E-state index contributed by atoms with van der Waals surface area (Å²) in [4.78, 5) is 11.0. The molecular weight excluding hydrogens is 236 g/mol. The minimum absolute atomic E-state index is 0.117. The molecule has 0 fully saturated rings. The summed E-state index contributed by atoms with van der Waals surface area (Å²) in [6.07, 6.45) is 0.944. The van der Waals surface area contributed by atoms with E-state index in [1.807, 2.05) is 6.92 Å². The average molecular weight is 254 g/mol. The van der Waals surface area contributed by atoms with Crippen LogP contribution in [-0.4, -0.2) is 38.0 Å². The SMILES string of the molecule is CCCOCCOc1cc(OC)ccc1C(=O)O. The van der Waals surface area contributed by atoms with Crippen LogP contribution in [0.4, 0.5) is 0 Å². The zero-order valence-electron chi connectivity index (χ0n) is 10.6. The van der Waals surface area contributed by atoms with Gasteiger partial charge in [-0.1, -0.05) is 6.92 Å². The van der Waals surface area contributed by atoms with Gasteiger partial charge < -0.3 is 19.3 Å². The maximum atomic E-state index is 11.0. The van der Waals surface area contributed by atoms with Gasteiger partial charge in [-0.25, -0.2) is 4.79 Å². The van der Waals surface area contributed by atoms with Gasteiger partial charge in [-0.15, -0.1) is 0 Å². The number of carboxylic acid groups (broad SMARTS) is 1. The number of rotatable bonds is 8. The van der Waals surface area contributed by atoms with Crippen LogP contribution in [0.1, 0.15) is 23.7 Å². The highest BCUT2D eigenvalue weighted by atomic mass is 16.5. The van der Waals surface area contributed by atoms with E-state index in [9.17, 15) is 4.79 Å². The summed E-state index contributed by atoms with van der Waals surface area (Å²) in [5.74, 6) is -0.173. The van der Waals surface area contributed by atoms with E-state index in [-0.39, 0.29) is 5.56 Å². The number of hydrogen-bond acceptors (Lipinski definition) is 4. The lowest BCUT2D eigenvalue weighted by atomic mass is 10.2. The fraction of sp³-hybridized carbons (Fsp3) is 0.462. The van der Waals surface area contributed by atoms with Crippen molar-refractivity contribution < 1.29 is 24.1 Å². The van der Waals surface area contributed by atoms with Crippen molar-refractivity contribution in [2.24, 2.45) is 0 Å². The molecule has 1 N–H and O–H groups in total. The lowest BCUT2D eigenvalue weighted by Gasteiger charge is -2.10. The van der Waals surface area contributed by atoms with E-state index in [1.165, 1.54) is 13.2 Å². The molecule has 5 heteroatoms. The minimum Gasteiger partial charge on any atom is -0.497 e. The molecule has 0 radical (unpaired) electrons. The topological polar surface area (TPSA) is 65.0 Å². The molecule has 0 spiro atoms. The zero-order valence-corrected chi connectivity index (χ0v) is 10.6. The molecule has 0 aliphatic rings. The molecule has 100 valence electrons. The molecule has 1 aromatic rings. The number of carbonyl (C=O) groups is 1. The maximum Gasteiger partial charge on any atom is 0.339 e. The van der Waals surface area contributed by atoms with Crippen LogP contribution in [0.15, 0.2) is 18.2 Å².